The average molecular weight is 276 g/mol. The van der Waals surface area contributed by atoms with E-state index in [-0.39, 0.29) is 12.4 Å². The summed E-state index contributed by atoms with van der Waals surface area (Å²) in [6.45, 7) is 1.03. The van der Waals surface area contributed by atoms with Gasteiger partial charge in [0.05, 0.1) is 5.69 Å². The third-order valence-corrected chi connectivity index (χ3v) is 2.77. The van der Waals surface area contributed by atoms with Crippen LogP contribution >= 0.6 is 15.9 Å². The van der Waals surface area contributed by atoms with Crippen LogP contribution < -0.4 is 5.32 Å². The van der Waals surface area contributed by atoms with E-state index in [4.69, 9.17) is 5.11 Å². The molecule has 0 spiro atoms. The molecular formula is C11H15BrFNO. The molecule has 0 saturated carbocycles. The number of nitrogens with one attached hydrogen (secondary N) is 1. The van der Waals surface area contributed by atoms with E-state index < -0.39 is 0 Å². The molecule has 2 N–H and O–H groups in total. The zero-order valence-electron chi connectivity index (χ0n) is 8.47. The van der Waals surface area contributed by atoms with Gasteiger partial charge in [-0.3, -0.25) is 0 Å². The summed E-state index contributed by atoms with van der Waals surface area (Å²) in [4.78, 5) is 0. The standard InChI is InChI=1S/C11H15BrFNO/c12-10-5-4-9(13)8-11(10)14-6-2-1-3-7-15/h4-5,8,14-15H,1-3,6-7H2. The van der Waals surface area contributed by atoms with Gasteiger partial charge in [-0.1, -0.05) is 0 Å². The molecule has 84 valence electrons. The molecule has 1 aromatic rings. The van der Waals surface area contributed by atoms with Gasteiger partial charge in [0.25, 0.3) is 0 Å². The number of rotatable bonds is 6. The molecule has 0 fully saturated rings. The minimum absolute atomic E-state index is 0.240. The van der Waals surface area contributed by atoms with Crippen LogP contribution in [0.5, 0.6) is 0 Å². The minimum Gasteiger partial charge on any atom is -0.396 e. The summed E-state index contributed by atoms with van der Waals surface area (Å²) in [5.74, 6) is -0.240. The van der Waals surface area contributed by atoms with Crippen molar-refractivity contribution in [3.8, 4) is 0 Å². The number of aliphatic hydroxyl groups excluding tert-OH is 1. The van der Waals surface area contributed by atoms with Crippen LogP contribution in [0.3, 0.4) is 0 Å². The topological polar surface area (TPSA) is 32.3 Å². The summed E-state index contributed by atoms with van der Waals surface area (Å²) in [5, 5.41) is 11.7. The average Bonchev–Trinajstić information content (AvgIpc) is 2.23. The van der Waals surface area contributed by atoms with Gasteiger partial charge in [-0.2, -0.15) is 0 Å². The minimum atomic E-state index is -0.240. The second-order valence-electron chi connectivity index (χ2n) is 3.34. The highest BCUT2D eigenvalue weighted by molar-refractivity contribution is 9.10. The monoisotopic (exact) mass is 275 g/mol. The molecule has 1 aromatic carbocycles. The molecule has 0 aliphatic carbocycles. The second kappa shape index (κ2) is 6.80. The van der Waals surface area contributed by atoms with E-state index in [1.54, 1.807) is 6.07 Å². The Morgan fingerprint density at radius 3 is 2.80 bits per heavy atom. The molecule has 0 aliphatic heterocycles. The van der Waals surface area contributed by atoms with Crippen LogP contribution in [-0.2, 0) is 0 Å². The lowest BCUT2D eigenvalue weighted by Gasteiger charge is -2.08. The smallest absolute Gasteiger partial charge is 0.125 e. The van der Waals surface area contributed by atoms with E-state index >= 15 is 0 Å². The fraction of sp³-hybridized carbons (Fsp3) is 0.455. The van der Waals surface area contributed by atoms with Crippen molar-refractivity contribution >= 4 is 21.6 Å². The van der Waals surface area contributed by atoms with Gasteiger partial charge < -0.3 is 10.4 Å². The molecule has 0 amide bonds. The van der Waals surface area contributed by atoms with Crippen molar-refractivity contribution in [1.82, 2.24) is 0 Å². The van der Waals surface area contributed by atoms with Gasteiger partial charge in [0, 0.05) is 17.6 Å². The summed E-state index contributed by atoms with van der Waals surface area (Å²) in [6, 6.07) is 4.57. The normalized spacial score (nSPS) is 10.3. The molecule has 0 aromatic heterocycles. The summed E-state index contributed by atoms with van der Waals surface area (Å²) in [6.07, 6.45) is 2.78. The van der Waals surface area contributed by atoms with Crippen LogP contribution in [0.1, 0.15) is 19.3 Å². The third-order valence-electron chi connectivity index (χ3n) is 2.08. The van der Waals surface area contributed by atoms with Crippen molar-refractivity contribution < 1.29 is 9.50 Å². The predicted molar refractivity (Wildman–Crippen MR) is 63.5 cm³/mol. The van der Waals surface area contributed by atoms with Crippen LogP contribution in [0.2, 0.25) is 0 Å². The largest absolute Gasteiger partial charge is 0.396 e. The molecule has 0 bridgehead atoms. The van der Waals surface area contributed by atoms with Gasteiger partial charge in [0.2, 0.25) is 0 Å². The first-order valence-electron chi connectivity index (χ1n) is 5.04. The Morgan fingerprint density at radius 2 is 2.07 bits per heavy atom. The summed E-state index contributed by atoms with van der Waals surface area (Å²) < 4.78 is 13.7. The Kier molecular flexibility index (Phi) is 5.65. The summed E-state index contributed by atoms with van der Waals surface area (Å²) in [5.41, 5.74) is 0.777. The predicted octanol–water partition coefficient (Wildman–Crippen LogP) is 3.16. The Morgan fingerprint density at radius 1 is 1.27 bits per heavy atom. The van der Waals surface area contributed by atoms with Crippen LogP contribution in [0, 0.1) is 5.82 Å². The molecule has 0 radical (unpaired) electrons. The van der Waals surface area contributed by atoms with Crippen molar-refractivity contribution in [2.24, 2.45) is 0 Å². The maximum absolute atomic E-state index is 12.9. The lowest BCUT2D eigenvalue weighted by atomic mass is 10.2. The first kappa shape index (κ1) is 12.5. The van der Waals surface area contributed by atoms with Gasteiger partial charge in [-0.25, -0.2) is 4.39 Å². The van der Waals surface area contributed by atoms with Crippen LogP contribution in [0.15, 0.2) is 22.7 Å². The van der Waals surface area contributed by atoms with Crippen molar-refractivity contribution in [3.63, 3.8) is 0 Å². The van der Waals surface area contributed by atoms with Crippen LogP contribution in [0.4, 0.5) is 10.1 Å². The quantitative estimate of drug-likeness (QED) is 0.782. The maximum Gasteiger partial charge on any atom is 0.125 e. The van der Waals surface area contributed by atoms with Crippen LogP contribution in [0.25, 0.3) is 0 Å². The Hall–Kier alpha value is -0.610. The number of unbranched alkanes of at least 4 members (excludes halogenated alkanes) is 2. The fourth-order valence-corrected chi connectivity index (χ4v) is 1.66. The summed E-state index contributed by atoms with van der Waals surface area (Å²) in [7, 11) is 0. The molecule has 0 heterocycles. The number of anilines is 1. The zero-order chi connectivity index (χ0) is 11.1. The van der Waals surface area contributed by atoms with E-state index in [1.165, 1.54) is 12.1 Å². The molecule has 2 nitrogen and oxygen atoms in total. The molecule has 0 unspecified atom stereocenters. The molecule has 4 heteroatoms. The number of hydrogen-bond donors (Lipinski definition) is 2. The first-order valence-corrected chi connectivity index (χ1v) is 5.83. The Labute approximate surface area is 97.6 Å². The lowest BCUT2D eigenvalue weighted by Crippen LogP contribution is -2.02. The van der Waals surface area contributed by atoms with Gasteiger partial charge in [0.15, 0.2) is 0 Å². The second-order valence-corrected chi connectivity index (χ2v) is 4.19. The van der Waals surface area contributed by atoms with E-state index in [9.17, 15) is 4.39 Å². The number of aliphatic hydroxyl groups is 1. The molecule has 0 aliphatic rings. The maximum atomic E-state index is 12.9. The fourth-order valence-electron chi connectivity index (χ4n) is 1.27. The van der Waals surface area contributed by atoms with Crippen molar-refractivity contribution in [2.45, 2.75) is 19.3 Å². The van der Waals surface area contributed by atoms with E-state index in [1.807, 2.05) is 0 Å². The highest BCUT2D eigenvalue weighted by Crippen LogP contribution is 2.22. The van der Waals surface area contributed by atoms with Crippen LogP contribution in [-0.4, -0.2) is 18.3 Å². The van der Waals surface area contributed by atoms with Gasteiger partial charge in [0.1, 0.15) is 5.82 Å². The molecule has 0 atom stereocenters. The van der Waals surface area contributed by atoms with Gasteiger partial charge in [-0.15, -0.1) is 0 Å². The first-order chi connectivity index (χ1) is 7.24. The van der Waals surface area contributed by atoms with Crippen molar-refractivity contribution in [3.05, 3.63) is 28.5 Å². The SMILES string of the molecule is OCCCCCNc1cc(F)ccc1Br. The van der Waals surface area contributed by atoms with E-state index in [0.717, 1.165) is 36.0 Å². The zero-order valence-corrected chi connectivity index (χ0v) is 10.1. The number of hydrogen-bond acceptors (Lipinski definition) is 2. The van der Waals surface area contributed by atoms with E-state index in [2.05, 4.69) is 21.2 Å². The van der Waals surface area contributed by atoms with Gasteiger partial charge in [-0.05, 0) is 53.4 Å². The highest BCUT2D eigenvalue weighted by Gasteiger charge is 2.00. The summed E-state index contributed by atoms with van der Waals surface area (Å²) >= 11 is 3.34. The molecular weight excluding hydrogens is 261 g/mol. The Balaban J connectivity index is 2.33. The molecule has 0 saturated heterocycles. The van der Waals surface area contributed by atoms with Crippen molar-refractivity contribution in [2.75, 3.05) is 18.5 Å². The number of halogens is 2. The molecule has 1 rings (SSSR count). The molecule has 15 heavy (non-hydrogen) atoms. The van der Waals surface area contributed by atoms with Crippen molar-refractivity contribution in [1.29, 1.82) is 0 Å². The lowest BCUT2D eigenvalue weighted by molar-refractivity contribution is 0.283. The highest BCUT2D eigenvalue weighted by atomic mass is 79.9. The third kappa shape index (κ3) is 4.62. The number of benzene rings is 1. The Bertz CT molecular complexity index is 307. The van der Waals surface area contributed by atoms with Gasteiger partial charge >= 0.3 is 0 Å². The van der Waals surface area contributed by atoms with E-state index in [0.29, 0.717) is 0 Å².